The SMILES string of the molecule is Cc1ccc(OCC(F)F)c(CNCC(C)C)c1. The monoisotopic (exact) mass is 257 g/mol. The van der Waals surface area contributed by atoms with E-state index >= 15 is 0 Å². The molecule has 1 rings (SSSR count). The number of hydrogen-bond donors (Lipinski definition) is 1. The molecule has 0 aliphatic heterocycles. The van der Waals surface area contributed by atoms with Gasteiger partial charge >= 0.3 is 0 Å². The summed E-state index contributed by atoms with van der Waals surface area (Å²) in [6.45, 7) is 7.19. The highest BCUT2D eigenvalue weighted by Gasteiger charge is 2.08. The summed E-state index contributed by atoms with van der Waals surface area (Å²) in [7, 11) is 0. The first-order chi connectivity index (χ1) is 8.49. The number of nitrogens with one attached hydrogen (secondary N) is 1. The topological polar surface area (TPSA) is 21.3 Å². The maximum atomic E-state index is 12.1. The second kappa shape index (κ2) is 7.31. The summed E-state index contributed by atoms with van der Waals surface area (Å²) >= 11 is 0. The van der Waals surface area contributed by atoms with Gasteiger partial charge in [0.05, 0.1) is 0 Å². The molecule has 102 valence electrons. The van der Waals surface area contributed by atoms with Crippen molar-refractivity contribution in [3.8, 4) is 5.75 Å². The van der Waals surface area contributed by atoms with Gasteiger partial charge in [-0.15, -0.1) is 0 Å². The zero-order valence-electron chi connectivity index (χ0n) is 11.2. The van der Waals surface area contributed by atoms with Crippen LogP contribution in [0.4, 0.5) is 8.78 Å². The minimum absolute atomic E-state index is 0.539. The second-order valence-corrected chi connectivity index (χ2v) is 4.84. The van der Waals surface area contributed by atoms with E-state index < -0.39 is 13.0 Å². The zero-order chi connectivity index (χ0) is 13.5. The number of aryl methyl sites for hydroxylation is 1. The molecule has 0 aromatic heterocycles. The lowest BCUT2D eigenvalue weighted by atomic mass is 10.1. The van der Waals surface area contributed by atoms with E-state index in [1.807, 2.05) is 19.1 Å². The third-order valence-corrected chi connectivity index (χ3v) is 2.45. The van der Waals surface area contributed by atoms with Crippen LogP contribution in [0.1, 0.15) is 25.0 Å². The van der Waals surface area contributed by atoms with Crippen molar-refractivity contribution in [1.29, 1.82) is 0 Å². The molecular weight excluding hydrogens is 236 g/mol. The van der Waals surface area contributed by atoms with Gasteiger partial charge in [-0.25, -0.2) is 8.78 Å². The Bertz CT molecular complexity index is 367. The third kappa shape index (κ3) is 5.45. The fraction of sp³-hybridized carbons (Fsp3) is 0.571. The molecule has 0 radical (unpaired) electrons. The molecule has 0 saturated carbocycles. The Hall–Kier alpha value is -1.16. The van der Waals surface area contributed by atoms with Crippen LogP contribution in [0, 0.1) is 12.8 Å². The quantitative estimate of drug-likeness (QED) is 0.808. The maximum Gasteiger partial charge on any atom is 0.272 e. The maximum absolute atomic E-state index is 12.1. The van der Waals surface area contributed by atoms with Gasteiger partial charge in [0, 0.05) is 12.1 Å². The standard InChI is InChI=1S/C14H21F2NO/c1-10(2)7-17-8-12-6-11(3)4-5-13(12)18-9-14(15)16/h4-6,10,14,17H,7-9H2,1-3H3. The Labute approximate surface area is 107 Å². The lowest BCUT2D eigenvalue weighted by Crippen LogP contribution is -2.20. The molecule has 2 nitrogen and oxygen atoms in total. The Kier molecular flexibility index (Phi) is 6.05. The van der Waals surface area contributed by atoms with Crippen molar-refractivity contribution in [3.05, 3.63) is 29.3 Å². The smallest absolute Gasteiger partial charge is 0.272 e. The van der Waals surface area contributed by atoms with Gasteiger partial charge in [0.25, 0.3) is 6.43 Å². The molecule has 1 aromatic carbocycles. The summed E-state index contributed by atoms with van der Waals surface area (Å²) in [6, 6.07) is 5.59. The van der Waals surface area contributed by atoms with E-state index in [1.165, 1.54) is 0 Å². The first-order valence-electron chi connectivity index (χ1n) is 6.20. The molecule has 0 unspecified atom stereocenters. The van der Waals surface area contributed by atoms with Crippen molar-refractivity contribution in [3.63, 3.8) is 0 Å². The average Bonchev–Trinajstić information content (AvgIpc) is 2.27. The van der Waals surface area contributed by atoms with Crippen LogP contribution in [0.15, 0.2) is 18.2 Å². The first-order valence-corrected chi connectivity index (χ1v) is 6.20. The van der Waals surface area contributed by atoms with Crippen LogP contribution in [0.2, 0.25) is 0 Å². The highest BCUT2D eigenvalue weighted by molar-refractivity contribution is 5.36. The van der Waals surface area contributed by atoms with Crippen LogP contribution in [-0.2, 0) is 6.54 Å². The average molecular weight is 257 g/mol. The van der Waals surface area contributed by atoms with Crippen LogP contribution in [0.5, 0.6) is 5.75 Å². The van der Waals surface area contributed by atoms with Crippen molar-refractivity contribution in [2.75, 3.05) is 13.2 Å². The summed E-state index contributed by atoms with van der Waals surface area (Å²) in [6.07, 6.45) is -2.44. The first kappa shape index (κ1) is 14.9. The molecule has 0 fully saturated rings. The molecule has 0 bridgehead atoms. The Morgan fingerprint density at radius 3 is 2.61 bits per heavy atom. The largest absolute Gasteiger partial charge is 0.487 e. The fourth-order valence-electron chi connectivity index (χ4n) is 1.64. The summed E-state index contributed by atoms with van der Waals surface area (Å²) in [5, 5.41) is 3.29. The number of benzene rings is 1. The second-order valence-electron chi connectivity index (χ2n) is 4.84. The molecule has 18 heavy (non-hydrogen) atoms. The Balaban J connectivity index is 2.64. The molecule has 0 amide bonds. The summed E-state index contributed by atoms with van der Waals surface area (Å²) in [4.78, 5) is 0. The van der Waals surface area contributed by atoms with Crippen molar-refractivity contribution in [2.45, 2.75) is 33.7 Å². The fourth-order valence-corrected chi connectivity index (χ4v) is 1.64. The number of alkyl halides is 2. The molecule has 0 aliphatic carbocycles. The molecule has 0 aliphatic rings. The van der Waals surface area contributed by atoms with Crippen LogP contribution in [0.25, 0.3) is 0 Å². The van der Waals surface area contributed by atoms with Gasteiger partial charge in [0.2, 0.25) is 0 Å². The van der Waals surface area contributed by atoms with E-state index in [9.17, 15) is 8.78 Å². The van der Waals surface area contributed by atoms with Gasteiger partial charge in [-0.05, 0) is 25.5 Å². The van der Waals surface area contributed by atoms with E-state index in [2.05, 4.69) is 19.2 Å². The van der Waals surface area contributed by atoms with Crippen molar-refractivity contribution < 1.29 is 13.5 Å². The number of hydrogen-bond acceptors (Lipinski definition) is 2. The Morgan fingerprint density at radius 1 is 1.28 bits per heavy atom. The number of halogens is 2. The highest BCUT2D eigenvalue weighted by Crippen LogP contribution is 2.20. The molecule has 0 spiro atoms. The Morgan fingerprint density at radius 2 is 2.00 bits per heavy atom. The molecule has 1 aromatic rings. The summed E-state index contributed by atoms with van der Waals surface area (Å²) in [5.74, 6) is 1.09. The van der Waals surface area contributed by atoms with Crippen molar-refractivity contribution in [1.82, 2.24) is 5.32 Å². The van der Waals surface area contributed by atoms with Crippen LogP contribution in [0.3, 0.4) is 0 Å². The third-order valence-electron chi connectivity index (χ3n) is 2.45. The molecule has 0 saturated heterocycles. The van der Waals surface area contributed by atoms with Gasteiger partial charge in [-0.2, -0.15) is 0 Å². The summed E-state index contributed by atoms with van der Waals surface area (Å²) in [5.41, 5.74) is 2.03. The van der Waals surface area contributed by atoms with E-state index in [0.29, 0.717) is 18.2 Å². The van der Waals surface area contributed by atoms with Gasteiger partial charge in [-0.3, -0.25) is 0 Å². The molecule has 4 heteroatoms. The van der Waals surface area contributed by atoms with E-state index in [4.69, 9.17) is 4.74 Å². The molecule has 1 N–H and O–H groups in total. The minimum Gasteiger partial charge on any atom is -0.487 e. The predicted octanol–water partition coefficient (Wildman–Crippen LogP) is 3.38. The van der Waals surface area contributed by atoms with Gasteiger partial charge in [-0.1, -0.05) is 31.5 Å². The van der Waals surface area contributed by atoms with E-state index in [1.54, 1.807) is 6.07 Å². The molecule has 0 heterocycles. The summed E-state index contributed by atoms with van der Waals surface area (Å²) < 4.78 is 29.4. The van der Waals surface area contributed by atoms with Crippen LogP contribution < -0.4 is 10.1 Å². The van der Waals surface area contributed by atoms with Gasteiger partial charge in [0.15, 0.2) is 0 Å². The van der Waals surface area contributed by atoms with E-state index in [0.717, 1.165) is 17.7 Å². The zero-order valence-corrected chi connectivity index (χ0v) is 11.2. The lowest BCUT2D eigenvalue weighted by Gasteiger charge is -2.13. The highest BCUT2D eigenvalue weighted by atomic mass is 19.3. The lowest BCUT2D eigenvalue weighted by molar-refractivity contribution is 0.0813. The molecular formula is C14H21F2NO. The minimum atomic E-state index is -2.44. The predicted molar refractivity (Wildman–Crippen MR) is 69.2 cm³/mol. The van der Waals surface area contributed by atoms with Crippen LogP contribution >= 0.6 is 0 Å². The van der Waals surface area contributed by atoms with Crippen LogP contribution in [-0.4, -0.2) is 19.6 Å². The van der Waals surface area contributed by atoms with Crippen molar-refractivity contribution >= 4 is 0 Å². The molecule has 0 atom stereocenters. The normalized spacial score (nSPS) is 11.3. The van der Waals surface area contributed by atoms with E-state index in [-0.39, 0.29) is 0 Å². The number of rotatable bonds is 7. The van der Waals surface area contributed by atoms with Gasteiger partial charge in [0.1, 0.15) is 12.4 Å². The van der Waals surface area contributed by atoms with Gasteiger partial charge < -0.3 is 10.1 Å². The van der Waals surface area contributed by atoms with Crippen molar-refractivity contribution in [2.24, 2.45) is 5.92 Å². The number of ether oxygens (including phenoxy) is 1.